The van der Waals surface area contributed by atoms with Gasteiger partial charge in [0.1, 0.15) is 11.2 Å². The molecule has 2 aromatic heterocycles. The van der Waals surface area contributed by atoms with Gasteiger partial charge in [0.25, 0.3) is 5.91 Å². The van der Waals surface area contributed by atoms with E-state index in [-0.39, 0.29) is 5.91 Å². The van der Waals surface area contributed by atoms with Crippen molar-refractivity contribution in [2.45, 2.75) is 31.7 Å². The molecule has 0 unspecified atom stereocenters. The Balaban J connectivity index is 1.51. The molecule has 29 heavy (non-hydrogen) atoms. The van der Waals surface area contributed by atoms with Crippen molar-refractivity contribution >= 4 is 5.91 Å². The van der Waals surface area contributed by atoms with Crippen LogP contribution in [0.2, 0.25) is 0 Å². The number of hydrogen-bond acceptors (Lipinski definition) is 5. The van der Waals surface area contributed by atoms with Crippen LogP contribution in [0.15, 0.2) is 60.0 Å². The van der Waals surface area contributed by atoms with E-state index in [0.717, 1.165) is 16.8 Å². The maximum absolute atomic E-state index is 13.3. The van der Waals surface area contributed by atoms with Gasteiger partial charge in [0, 0.05) is 43.2 Å². The minimum absolute atomic E-state index is 0.0673. The molecule has 0 bridgehead atoms. The smallest absolute Gasteiger partial charge is 0.257 e. The Kier molecular flexibility index (Phi) is 5.20. The van der Waals surface area contributed by atoms with E-state index in [0.29, 0.717) is 43.6 Å². The topological polar surface area (TPSA) is 91.3 Å². The van der Waals surface area contributed by atoms with Crippen molar-refractivity contribution in [3.8, 4) is 11.3 Å². The largest absolute Gasteiger partial charge is 0.338 e. The molecule has 4 rings (SSSR count). The number of aryl methyl sites for hydroxylation is 1. The number of carbonyl (C=O) groups excluding carboxylic acids is 1. The maximum atomic E-state index is 13.3. The third-order valence-electron chi connectivity index (χ3n) is 5.67. The fourth-order valence-corrected chi connectivity index (χ4v) is 3.97. The van der Waals surface area contributed by atoms with Crippen molar-refractivity contribution in [1.82, 2.24) is 20.1 Å². The van der Waals surface area contributed by atoms with Crippen LogP contribution in [0, 0.1) is 11.8 Å². The van der Waals surface area contributed by atoms with Crippen LogP contribution in [-0.2, 0) is 6.42 Å². The Bertz CT molecular complexity index is 993. The summed E-state index contributed by atoms with van der Waals surface area (Å²) in [5, 5.41) is 10.8. The number of hydrogen-bond donors (Lipinski definition) is 1. The van der Waals surface area contributed by atoms with E-state index in [2.05, 4.69) is 20.4 Å². The molecule has 0 saturated carbocycles. The molecule has 1 aliphatic rings. The monoisotopic (exact) mass is 389 g/mol. The highest BCUT2D eigenvalue weighted by molar-refractivity contribution is 6.01. The number of carbonyl (C=O) groups is 1. The number of piperidine rings is 1. The highest BCUT2D eigenvalue weighted by atomic mass is 16.3. The van der Waals surface area contributed by atoms with Crippen molar-refractivity contribution in [3.63, 3.8) is 0 Å². The quantitative estimate of drug-likeness (QED) is 0.673. The number of nitroso groups, excluding NO2 is 1. The van der Waals surface area contributed by atoms with Crippen molar-refractivity contribution in [3.05, 3.63) is 76.6 Å². The van der Waals surface area contributed by atoms with Gasteiger partial charge in [-0.2, -0.15) is 10.0 Å². The van der Waals surface area contributed by atoms with Crippen LogP contribution in [0.5, 0.6) is 0 Å². The molecule has 0 atom stereocenters. The molecule has 7 nitrogen and oxygen atoms in total. The van der Waals surface area contributed by atoms with Crippen LogP contribution < -0.4 is 0 Å². The number of H-pyrrole nitrogens is 1. The second-order valence-electron chi connectivity index (χ2n) is 7.58. The number of amides is 1. The molecular formula is C22H23N5O2. The third-order valence-corrected chi connectivity index (χ3v) is 5.67. The Hall–Kier alpha value is -3.35. The number of nitrogens with zero attached hydrogens (tertiary/aromatic N) is 4. The van der Waals surface area contributed by atoms with Gasteiger partial charge in [-0.05, 0) is 37.5 Å². The Labute approximate surface area is 169 Å². The molecule has 148 valence electrons. The summed E-state index contributed by atoms with van der Waals surface area (Å²) in [7, 11) is 0. The minimum atomic E-state index is -0.655. The fourth-order valence-electron chi connectivity index (χ4n) is 3.97. The fraction of sp³-hybridized carbons (Fsp3) is 0.318. The van der Waals surface area contributed by atoms with E-state index < -0.39 is 5.54 Å². The van der Waals surface area contributed by atoms with E-state index in [9.17, 15) is 9.70 Å². The summed E-state index contributed by atoms with van der Waals surface area (Å²) < 4.78 is 0. The van der Waals surface area contributed by atoms with Crippen molar-refractivity contribution < 1.29 is 4.79 Å². The zero-order valence-electron chi connectivity index (χ0n) is 16.3. The molecule has 1 saturated heterocycles. The van der Waals surface area contributed by atoms with E-state index in [1.807, 2.05) is 49.4 Å². The van der Waals surface area contributed by atoms with Crippen LogP contribution in [0.25, 0.3) is 11.3 Å². The summed E-state index contributed by atoms with van der Waals surface area (Å²) in [6, 6.07) is 13.6. The van der Waals surface area contributed by atoms with Crippen LogP contribution in [-0.4, -0.2) is 44.6 Å². The average Bonchev–Trinajstić information content (AvgIpc) is 3.16. The Morgan fingerprint density at radius 2 is 1.83 bits per heavy atom. The lowest BCUT2D eigenvalue weighted by Gasteiger charge is -2.37. The number of nitrogens with one attached hydrogen (secondary N) is 1. The van der Waals surface area contributed by atoms with Gasteiger partial charge in [-0.1, -0.05) is 35.5 Å². The summed E-state index contributed by atoms with van der Waals surface area (Å²) in [6.45, 7) is 2.84. The highest BCUT2D eigenvalue weighted by Crippen LogP contribution is 2.32. The maximum Gasteiger partial charge on any atom is 0.257 e. The van der Waals surface area contributed by atoms with Gasteiger partial charge in [0.2, 0.25) is 0 Å². The first-order valence-corrected chi connectivity index (χ1v) is 9.75. The summed E-state index contributed by atoms with van der Waals surface area (Å²) in [5.41, 5.74) is 3.22. The van der Waals surface area contributed by atoms with Crippen LogP contribution in [0.1, 0.15) is 34.5 Å². The summed E-state index contributed by atoms with van der Waals surface area (Å²) in [4.78, 5) is 30.8. The van der Waals surface area contributed by atoms with Gasteiger partial charge in [-0.15, -0.1) is 0 Å². The van der Waals surface area contributed by atoms with E-state index in [1.54, 1.807) is 17.3 Å². The zero-order valence-corrected chi connectivity index (χ0v) is 16.3. The minimum Gasteiger partial charge on any atom is -0.338 e. The van der Waals surface area contributed by atoms with Gasteiger partial charge in [0.05, 0.1) is 5.56 Å². The highest BCUT2D eigenvalue weighted by Gasteiger charge is 2.38. The number of benzene rings is 1. The van der Waals surface area contributed by atoms with E-state index in [4.69, 9.17) is 0 Å². The summed E-state index contributed by atoms with van der Waals surface area (Å²) >= 11 is 0. The van der Waals surface area contributed by atoms with Crippen molar-refractivity contribution in [2.24, 2.45) is 5.18 Å². The predicted octanol–water partition coefficient (Wildman–Crippen LogP) is 3.76. The first kappa shape index (κ1) is 19.0. The zero-order chi connectivity index (χ0) is 20.3. The average molecular weight is 389 g/mol. The molecule has 0 radical (unpaired) electrons. The van der Waals surface area contributed by atoms with Crippen molar-refractivity contribution in [2.75, 3.05) is 13.1 Å². The lowest BCUT2D eigenvalue weighted by Crippen LogP contribution is -2.46. The molecular weight excluding hydrogens is 366 g/mol. The molecule has 7 heteroatoms. The lowest BCUT2D eigenvalue weighted by atomic mass is 9.82. The number of aromatic amines is 1. The number of pyridine rings is 1. The molecule has 1 aromatic carbocycles. The first-order valence-electron chi connectivity index (χ1n) is 9.75. The van der Waals surface area contributed by atoms with Gasteiger partial charge >= 0.3 is 0 Å². The van der Waals surface area contributed by atoms with Crippen LogP contribution in [0.3, 0.4) is 0 Å². The van der Waals surface area contributed by atoms with Gasteiger partial charge in [0.15, 0.2) is 0 Å². The Morgan fingerprint density at radius 3 is 2.48 bits per heavy atom. The van der Waals surface area contributed by atoms with Gasteiger partial charge in [-0.3, -0.25) is 14.9 Å². The SMILES string of the molecule is Cc1[nH]nc(-c2ccncc2)c1C(=O)N1CCC(Cc2ccccc2)(N=O)CC1. The molecule has 3 heterocycles. The van der Waals surface area contributed by atoms with Gasteiger partial charge in [-0.25, -0.2) is 0 Å². The molecule has 1 fully saturated rings. The normalized spacial score (nSPS) is 15.8. The molecule has 3 aromatic rings. The molecule has 1 N–H and O–H groups in total. The number of rotatable bonds is 5. The first-order chi connectivity index (χ1) is 14.1. The van der Waals surface area contributed by atoms with E-state index in [1.165, 1.54) is 0 Å². The van der Waals surface area contributed by atoms with Crippen LogP contribution >= 0.6 is 0 Å². The van der Waals surface area contributed by atoms with Crippen LogP contribution in [0.4, 0.5) is 0 Å². The van der Waals surface area contributed by atoms with Crippen molar-refractivity contribution in [1.29, 1.82) is 0 Å². The second-order valence-corrected chi connectivity index (χ2v) is 7.58. The molecule has 1 aliphatic heterocycles. The predicted molar refractivity (Wildman–Crippen MR) is 110 cm³/mol. The standard InChI is InChI=1S/C22H23N5O2/c1-16-19(20(25-24-16)18-7-11-23-12-8-18)21(28)27-13-9-22(26-29,10-14-27)15-17-5-3-2-4-6-17/h2-8,11-12H,9-10,13-15H2,1H3,(H,24,25). The molecule has 0 spiro atoms. The summed E-state index contributed by atoms with van der Waals surface area (Å²) in [5.74, 6) is -0.0673. The Morgan fingerprint density at radius 1 is 1.14 bits per heavy atom. The molecule has 1 amide bonds. The third kappa shape index (κ3) is 3.81. The summed E-state index contributed by atoms with van der Waals surface area (Å²) in [6.07, 6.45) is 5.08. The lowest BCUT2D eigenvalue weighted by molar-refractivity contribution is 0.0671. The second kappa shape index (κ2) is 7.95. The van der Waals surface area contributed by atoms with E-state index >= 15 is 0 Å². The van der Waals surface area contributed by atoms with Gasteiger partial charge < -0.3 is 4.90 Å². The molecule has 0 aliphatic carbocycles. The number of aromatic nitrogens is 3. The number of likely N-dealkylation sites (tertiary alicyclic amines) is 1.